The van der Waals surface area contributed by atoms with E-state index in [1.807, 2.05) is 0 Å². The predicted molar refractivity (Wildman–Crippen MR) is 82.4 cm³/mol. The quantitative estimate of drug-likeness (QED) is 0.614. The molecule has 2 rings (SSSR count). The Kier molecular flexibility index (Phi) is 5.52. The summed E-state index contributed by atoms with van der Waals surface area (Å²) >= 11 is 0. The number of aryl methyl sites for hydroxylation is 1. The number of amides is 1. The number of nitrogens with zero attached hydrogens (tertiary/aromatic N) is 2. The van der Waals surface area contributed by atoms with Gasteiger partial charge in [-0.15, -0.1) is 0 Å². The summed E-state index contributed by atoms with van der Waals surface area (Å²) in [7, 11) is 0. The summed E-state index contributed by atoms with van der Waals surface area (Å²) in [5, 5.41) is 10.9. The molecule has 1 amide bonds. The van der Waals surface area contributed by atoms with E-state index in [-0.39, 0.29) is 12.1 Å². The summed E-state index contributed by atoms with van der Waals surface area (Å²) in [6, 6.07) is 5.50. The van der Waals surface area contributed by atoms with E-state index in [0.717, 1.165) is 11.6 Å². The molecule has 0 aliphatic heterocycles. The second kappa shape index (κ2) is 7.60. The zero-order valence-electron chi connectivity index (χ0n) is 12.7. The van der Waals surface area contributed by atoms with E-state index in [1.165, 1.54) is 0 Å². The number of nitrogens with one attached hydrogen (secondary N) is 2. The Morgan fingerprint density at radius 2 is 2.04 bits per heavy atom. The van der Waals surface area contributed by atoms with E-state index in [0.29, 0.717) is 18.6 Å². The number of hydrogen-bond donors (Lipinski definition) is 2. The van der Waals surface area contributed by atoms with E-state index in [4.69, 9.17) is 0 Å². The van der Waals surface area contributed by atoms with Crippen molar-refractivity contribution in [1.29, 1.82) is 0 Å². The molecule has 0 radical (unpaired) electrons. The van der Waals surface area contributed by atoms with Gasteiger partial charge < -0.3 is 0 Å². The van der Waals surface area contributed by atoms with Crippen molar-refractivity contribution in [3.8, 4) is 0 Å². The van der Waals surface area contributed by atoms with Crippen LogP contribution in [0.3, 0.4) is 0 Å². The van der Waals surface area contributed by atoms with Gasteiger partial charge in [0, 0.05) is 24.9 Å². The molecule has 132 valence electrons. The second-order valence-electron chi connectivity index (χ2n) is 5.02. The molecule has 1 aromatic heterocycles. The number of carbonyl (C=O) groups is 1. The van der Waals surface area contributed by atoms with Crippen LogP contribution in [0.15, 0.2) is 42.7 Å². The molecule has 1 aromatic carbocycles. The molecular formula is C15H13F3N4O3. The summed E-state index contributed by atoms with van der Waals surface area (Å²) in [4.78, 5) is 25.6. The largest absolute Gasteiger partial charge is 0.416 e. The van der Waals surface area contributed by atoms with Gasteiger partial charge in [0.25, 0.3) is 5.69 Å². The highest BCUT2D eigenvalue weighted by Crippen LogP contribution is 2.34. The van der Waals surface area contributed by atoms with Gasteiger partial charge in [0.05, 0.1) is 10.5 Å². The first-order valence-corrected chi connectivity index (χ1v) is 7.07. The third kappa shape index (κ3) is 5.16. The van der Waals surface area contributed by atoms with Crippen molar-refractivity contribution in [1.82, 2.24) is 10.4 Å². The van der Waals surface area contributed by atoms with Gasteiger partial charge in [-0.3, -0.25) is 30.7 Å². The number of hydrogen-bond acceptors (Lipinski definition) is 5. The molecule has 0 saturated heterocycles. The van der Waals surface area contributed by atoms with Gasteiger partial charge >= 0.3 is 6.18 Å². The Morgan fingerprint density at radius 1 is 1.28 bits per heavy atom. The fraction of sp³-hybridized carbons (Fsp3) is 0.200. The summed E-state index contributed by atoms with van der Waals surface area (Å²) in [6.07, 6.45) is -1.03. The van der Waals surface area contributed by atoms with Crippen LogP contribution in [0.5, 0.6) is 0 Å². The number of nitro benzene ring substituents is 1. The van der Waals surface area contributed by atoms with Crippen LogP contribution in [-0.2, 0) is 17.4 Å². The maximum absolute atomic E-state index is 12.6. The Balaban J connectivity index is 1.99. The Hall–Kier alpha value is -3.17. The van der Waals surface area contributed by atoms with Crippen LogP contribution in [0.4, 0.5) is 24.5 Å². The minimum Gasteiger partial charge on any atom is -0.292 e. The van der Waals surface area contributed by atoms with E-state index < -0.39 is 28.3 Å². The van der Waals surface area contributed by atoms with Crippen molar-refractivity contribution < 1.29 is 22.9 Å². The molecule has 1 heterocycles. The number of aromatic nitrogens is 1. The number of hydrazine groups is 1. The van der Waals surface area contributed by atoms with Crippen LogP contribution >= 0.6 is 0 Å². The van der Waals surface area contributed by atoms with Crippen LogP contribution in [0.2, 0.25) is 0 Å². The smallest absolute Gasteiger partial charge is 0.292 e. The van der Waals surface area contributed by atoms with Gasteiger partial charge in [-0.25, -0.2) is 0 Å². The van der Waals surface area contributed by atoms with Crippen LogP contribution in [0.25, 0.3) is 0 Å². The lowest BCUT2D eigenvalue weighted by atomic mass is 10.1. The van der Waals surface area contributed by atoms with Crippen LogP contribution < -0.4 is 10.9 Å². The minimum absolute atomic E-state index is 0.0765. The zero-order valence-corrected chi connectivity index (χ0v) is 12.7. The van der Waals surface area contributed by atoms with Gasteiger partial charge in [-0.2, -0.15) is 13.2 Å². The molecule has 0 aliphatic carbocycles. The summed E-state index contributed by atoms with van der Waals surface area (Å²) in [5.41, 5.74) is 3.17. The van der Waals surface area contributed by atoms with Gasteiger partial charge in [0.15, 0.2) is 0 Å². The number of carbonyl (C=O) groups excluding carboxylic acids is 1. The lowest BCUT2D eigenvalue weighted by molar-refractivity contribution is -0.384. The molecule has 0 saturated carbocycles. The third-order valence-corrected chi connectivity index (χ3v) is 3.22. The first-order chi connectivity index (χ1) is 11.8. The number of alkyl halides is 3. The molecule has 0 atom stereocenters. The molecule has 0 aliphatic rings. The predicted octanol–water partition coefficient (Wildman–Crippen LogP) is 3.08. The van der Waals surface area contributed by atoms with Crippen LogP contribution in [-0.4, -0.2) is 15.8 Å². The van der Waals surface area contributed by atoms with E-state index >= 15 is 0 Å². The standard InChI is InChI=1S/C15H13F3N4O3/c16-15(17,18)11-4-5-12(13(8-11)22(24)25)20-21-14(23)6-3-10-2-1-7-19-9-10/h1-2,4-5,7-9,20H,3,6H2,(H,21,23). The molecule has 0 fully saturated rings. The third-order valence-electron chi connectivity index (χ3n) is 3.22. The zero-order chi connectivity index (χ0) is 18.4. The molecule has 0 bridgehead atoms. The number of anilines is 1. The highest BCUT2D eigenvalue weighted by molar-refractivity contribution is 5.78. The monoisotopic (exact) mass is 354 g/mol. The molecule has 7 nitrogen and oxygen atoms in total. The van der Waals surface area contributed by atoms with Crippen LogP contribution in [0, 0.1) is 10.1 Å². The van der Waals surface area contributed by atoms with Crippen molar-refractivity contribution in [2.24, 2.45) is 0 Å². The van der Waals surface area contributed by atoms with E-state index in [2.05, 4.69) is 15.8 Å². The number of pyridine rings is 1. The molecule has 25 heavy (non-hydrogen) atoms. The van der Waals surface area contributed by atoms with Gasteiger partial charge in [-0.05, 0) is 30.2 Å². The molecule has 2 N–H and O–H groups in total. The topological polar surface area (TPSA) is 97.2 Å². The van der Waals surface area contributed by atoms with Gasteiger partial charge in [0.2, 0.25) is 5.91 Å². The normalized spacial score (nSPS) is 11.0. The highest BCUT2D eigenvalue weighted by atomic mass is 19.4. The number of rotatable bonds is 6. The van der Waals surface area contributed by atoms with E-state index in [1.54, 1.807) is 24.5 Å². The number of nitro groups is 1. The fourth-order valence-corrected chi connectivity index (χ4v) is 1.97. The van der Waals surface area contributed by atoms with Crippen molar-refractivity contribution in [2.45, 2.75) is 19.0 Å². The van der Waals surface area contributed by atoms with Crippen molar-refractivity contribution in [2.75, 3.05) is 5.43 Å². The Labute approximate surface area is 140 Å². The summed E-state index contributed by atoms with van der Waals surface area (Å²) < 4.78 is 37.9. The highest BCUT2D eigenvalue weighted by Gasteiger charge is 2.33. The molecule has 10 heteroatoms. The summed E-state index contributed by atoms with van der Waals surface area (Å²) in [5.74, 6) is -0.474. The first-order valence-electron chi connectivity index (χ1n) is 7.07. The fourth-order valence-electron chi connectivity index (χ4n) is 1.97. The van der Waals surface area contributed by atoms with Crippen molar-refractivity contribution in [3.63, 3.8) is 0 Å². The average molecular weight is 354 g/mol. The van der Waals surface area contributed by atoms with Crippen molar-refractivity contribution >= 4 is 17.3 Å². The van der Waals surface area contributed by atoms with Crippen LogP contribution in [0.1, 0.15) is 17.5 Å². The molecule has 0 spiro atoms. The SMILES string of the molecule is O=C(CCc1cccnc1)NNc1ccc(C(F)(F)F)cc1[N+](=O)[O-]. The molecular weight excluding hydrogens is 341 g/mol. The maximum Gasteiger partial charge on any atom is 0.416 e. The number of benzene rings is 1. The minimum atomic E-state index is -4.70. The molecule has 0 unspecified atom stereocenters. The Morgan fingerprint density at radius 3 is 2.64 bits per heavy atom. The average Bonchev–Trinajstić information content (AvgIpc) is 2.58. The van der Waals surface area contributed by atoms with Gasteiger partial charge in [-0.1, -0.05) is 6.07 Å². The maximum atomic E-state index is 12.6. The van der Waals surface area contributed by atoms with E-state index in [9.17, 15) is 28.1 Å². The summed E-state index contributed by atoms with van der Waals surface area (Å²) in [6.45, 7) is 0. The number of halogens is 3. The lowest BCUT2D eigenvalue weighted by Crippen LogP contribution is -2.30. The first kappa shape index (κ1) is 18.2. The Bertz CT molecular complexity index is 766. The molecule has 2 aromatic rings. The van der Waals surface area contributed by atoms with Crippen molar-refractivity contribution in [3.05, 3.63) is 64.0 Å². The lowest BCUT2D eigenvalue weighted by Gasteiger charge is -2.11. The van der Waals surface area contributed by atoms with Gasteiger partial charge in [0.1, 0.15) is 5.69 Å². The second-order valence-corrected chi connectivity index (χ2v) is 5.02.